The Kier molecular flexibility index (Phi) is 4.59. The van der Waals surface area contributed by atoms with Gasteiger partial charge in [-0.1, -0.05) is 28.8 Å². The molecule has 0 aliphatic heterocycles. The summed E-state index contributed by atoms with van der Waals surface area (Å²) in [6.45, 7) is 0.965. The van der Waals surface area contributed by atoms with E-state index in [1.54, 1.807) is 13.3 Å². The predicted octanol–water partition coefficient (Wildman–Crippen LogP) is 2.63. The van der Waals surface area contributed by atoms with E-state index >= 15 is 0 Å². The summed E-state index contributed by atoms with van der Waals surface area (Å²) in [6.07, 6.45) is 8.62. The number of halogens is 1. The van der Waals surface area contributed by atoms with E-state index in [2.05, 4.69) is 30.8 Å². The van der Waals surface area contributed by atoms with E-state index in [-0.39, 0.29) is 0 Å². The molecular weight excluding hydrogens is 282 g/mol. The van der Waals surface area contributed by atoms with Gasteiger partial charge in [-0.2, -0.15) is 4.98 Å². The van der Waals surface area contributed by atoms with Gasteiger partial charge < -0.3 is 9.64 Å². The Hall–Kier alpha value is -0.840. The monoisotopic (exact) mass is 299 g/mol. The molecule has 94 valence electrons. The summed E-state index contributed by atoms with van der Waals surface area (Å²) < 4.78 is 5.13. The molecule has 1 heterocycles. The minimum atomic E-state index is 0.583. The molecule has 4 nitrogen and oxygen atoms in total. The number of hydrogen-bond acceptors (Lipinski definition) is 4. The topological polar surface area (TPSA) is 38.2 Å². The molecule has 1 aromatic rings. The number of nitrogens with zero attached hydrogens (tertiary/aromatic N) is 3. The lowest BCUT2D eigenvalue weighted by Crippen LogP contribution is -2.35. The van der Waals surface area contributed by atoms with Crippen LogP contribution in [0.2, 0.25) is 0 Å². The highest BCUT2D eigenvalue weighted by Gasteiger charge is 2.23. The summed E-state index contributed by atoms with van der Waals surface area (Å²) in [5, 5.41) is 0.947. The van der Waals surface area contributed by atoms with Gasteiger partial charge in [0.2, 0.25) is 5.88 Å². The van der Waals surface area contributed by atoms with E-state index in [9.17, 15) is 0 Å². The molecule has 0 aromatic carbocycles. The quantitative estimate of drug-likeness (QED) is 0.784. The Labute approximate surface area is 111 Å². The average molecular weight is 300 g/mol. The zero-order chi connectivity index (χ0) is 12.1. The zero-order valence-electron chi connectivity index (χ0n) is 10.1. The minimum Gasteiger partial charge on any atom is -0.480 e. The molecule has 0 atom stereocenters. The zero-order valence-corrected chi connectivity index (χ0v) is 11.7. The molecular formula is C12H18BrN3O. The third-order valence-electron chi connectivity index (χ3n) is 3.19. The van der Waals surface area contributed by atoms with Gasteiger partial charge in [0, 0.05) is 17.9 Å². The Bertz CT molecular complexity index is 355. The first-order valence-electron chi connectivity index (χ1n) is 6.04. The van der Waals surface area contributed by atoms with Crippen LogP contribution in [0, 0.1) is 0 Å². The van der Waals surface area contributed by atoms with Gasteiger partial charge in [0.15, 0.2) is 5.82 Å². The van der Waals surface area contributed by atoms with Crippen molar-refractivity contribution in [3.05, 3.63) is 12.4 Å². The number of hydrogen-bond donors (Lipinski definition) is 0. The van der Waals surface area contributed by atoms with Crippen LogP contribution in [0.3, 0.4) is 0 Å². The molecule has 5 heteroatoms. The standard InChI is InChI=1S/C12H18BrN3O/c1-17-12-9-14-8-11(15-12)16(7-6-13)10-4-2-3-5-10/h8-10H,2-7H2,1H3. The van der Waals surface area contributed by atoms with Crippen molar-refractivity contribution < 1.29 is 4.74 Å². The predicted molar refractivity (Wildman–Crippen MR) is 72.0 cm³/mol. The largest absolute Gasteiger partial charge is 0.480 e. The minimum absolute atomic E-state index is 0.583. The Morgan fingerprint density at radius 3 is 2.82 bits per heavy atom. The Morgan fingerprint density at radius 2 is 2.18 bits per heavy atom. The van der Waals surface area contributed by atoms with Crippen LogP contribution in [-0.4, -0.2) is 35.0 Å². The summed E-state index contributed by atoms with van der Waals surface area (Å²) >= 11 is 3.51. The van der Waals surface area contributed by atoms with Crippen molar-refractivity contribution in [2.45, 2.75) is 31.7 Å². The van der Waals surface area contributed by atoms with Crippen molar-refractivity contribution in [2.75, 3.05) is 23.9 Å². The molecule has 0 amide bonds. The fraction of sp³-hybridized carbons (Fsp3) is 0.667. The van der Waals surface area contributed by atoms with Crippen LogP contribution in [0.5, 0.6) is 5.88 Å². The first-order chi connectivity index (χ1) is 8.35. The van der Waals surface area contributed by atoms with Crippen molar-refractivity contribution in [2.24, 2.45) is 0 Å². The molecule has 1 aromatic heterocycles. The normalized spacial score (nSPS) is 16.1. The summed E-state index contributed by atoms with van der Waals surface area (Å²) in [5.41, 5.74) is 0. The lowest BCUT2D eigenvalue weighted by Gasteiger charge is -2.29. The second kappa shape index (κ2) is 6.19. The van der Waals surface area contributed by atoms with Crippen LogP contribution in [0.15, 0.2) is 12.4 Å². The van der Waals surface area contributed by atoms with Crippen molar-refractivity contribution in [1.82, 2.24) is 9.97 Å². The number of rotatable bonds is 5. The van der Waals surface area contributed by atoms with Crippen molar-refractivity contribution in [1.29, 1.82) is 0 Å². The molecule has 0 radical (unpaired) electrons. The van der Waals surface area contributed by atoms with Gasteiger partial charge in [0.05, 0.1) is 19.5 Å². The average Bonchev–Trinajstić information content (AvgIpc) is 2.89. The maximum atomic E-state index is 5.13. The van der Waals surface area contributed by atoms with Crippen LogP contribution >= 0.6 is 15.9 Å². The maximum absolute atomic E-state index is 5.13. The second-order valence-corrected chi connectivity index (χ2v) is 5.03. The molecule has 1 saturated carbocycles. The highest BCUT2D eigenvalue weighted by atomic mass is 79.9. The van der Waals surface area contributed by atoms with Crippen molar-refractivity contribution >= 4 is 21.7 Å². The van der Waals surface area contributed by atoms with Crippen LogP contribution in [-0.2, 0) is 0 Å². The van der Waals surface area contributed by atoms with E-state index in [4.69, 9.17) is 4.74 Å². The van der Waals surface area contributed by atoms with E-state index in [0.29, 0.717) is 11.9 Å². The van der Waals surface area contributed by atoms with Crippen LogP contribution < -0.4 is 9.64 Å². The third-order valence-corrected chi connectivity index (χ3v) is 3.55. The van der Waals surface area contributed by atoms with Crippen molar-refractivity contribution in [3.8, 4) is 5.88 Å². The first-order valence-corrected chi connectivity index (χ1v) is 7.16. The molecule has 1 aliphatic carbocycles. The van der Waals surface area contributed by atoms with Gasteiger partial charge in [-0.15, -0.1) is 0 Å². The molecule has 0 N–H and O–H groups in total. The van der Waals surface area contributed by atoms with Gasteiger partial charge in [0.25, 0.3) is 0 Å². The Balaban J connectivity index is 2.18. The van der Waals surface area contributed by atoms with Gasteiger partial charge in [-0.3, -0.25) is 4.98 Å². The summed E-state index contributed by atoms with van der Waals surface area (Å²) in [7, 11) is 1.62. The third kappa shape index (κ3) is 3.09. The molecule has 17 heavy (non-hydrogen) atoms. The van der Waals surface area contributed by atoms with E-state index in [1.807, 2.05) is 6.20 Å². The smallest absolute Gasteiger partial charge is 0.233 e. The fourth-order valence-electron chi connectivity index (χ4n) is 2.37. The molecule has 1 aliphatic rings. The molecule has 1 fully saturated rings. The number of alkyl halides is 1. The number of aromatic nitrogens is 2. The Morgan fingerprint density at radius 1 is 1.41 bits per heavy atom. The lowest BCUT2D eigenvalue weighted by molar-refractivity contribution is 0.395. The van der Waals surface area contributed by atoms with Gasteiger partial charge in [-0.25, -0.2) is 0 Å². The SMILES string of the molecule is COc1cncc(N(CCBr)C2CCCC2)n1. The highest BCUT2D eigenvalue weighted by molar-refractivity contribution is 9.09. The molecule has 0 saturated heterocycles. The molecule has 2 rings (SSSR count). The first kappa shape index (κ1) is 12.6. The van der Waals surface area contributed by atoms with Gasteiger partial charge in [-0.05, 0) is 12.8 Å². The second-order valence-electron chi connectivity index (χ2n) is 4.24. The van der Waals surface area contributed by atoms with Crippen LogP contribution in [0.1, 0.15) is 25.7 Å². The van der Waals surface area contributed by atoms with Crippen LogP contribution in [0.4, 0.5) is 5.82 Å². The fourth-order valence-corrected chi connectivity index (χ4v) is 2.75. The van der Waals surface area contributed by atoms with E-state index in [0.717, 1.165) is 17.7 Å². The highest BCUT2D eigenvalue weighted by Crippen LogP contribution is 2.27. The van der Waals surface area contributed by atoms with E-state index < -0.39 is 0 Å². The maximum Gasteiger partial charge on any atom is 0.233 e. The number of anilines is 1. The van der Waals surface area contributed by atoms with Crippen molar-refractivity contribution in [3.63, 3.8) is 0 Å². The molecule has 0 bridgehead atoms. The summed E-state index contributed by atoms with van der Waals surface area (Å²) in [4.78, 5) is 11.0. The van der Waals surface area contributed by atoms with Gasteiger partial charge >= 0.3 is 0 Å². The van der Waals surface area contributed by atoms with Crippen LogP contribution in [0.25, 0.3) is 0 Å². The molecule has 0 spiro atoms. The van der Waals surface area contributed by atoms with E-state index in [1.165, 1.54) is 25.7 Å². The number of methoxy groups -OCH3 is 1. The summed E-state index contributed by atoms with van der Waals surface area (Å²) in [5.74, 6) is 1.51. The summed E-state index contributed by atoms with van der Waals surface area (Å²) in [6, 6.07) is 0.606. The van der Waals surface area contributed by atoms with Gasteiger partial charge in [0.1, 0.15) is 0 Å². The lowest BCUT2D eigenvalue weighted by atomic mass is 10.2. The molecule has 0 unspecified atom stereocenters. The number of ether oxygens (including phenoxy) is 1.